The molecule has 13 heteroatoms. The SMILES string of the molecule is Cc1ccc(NC(=O)c2cncc(NC(=O)c3ccc(-c4cccs4)s3)c2)cc1Nc1nccc(-c2ccc(CC(N)C(=O)O)cc2)n1. The first-order valence-electron chi connectivity index (χ1n) is 14.7. The van der Waals surface area contributed by atoms with E-state index < -0.39 is 17.9 Å². The summed E-state index contributed by atoms with van der Waals surface area (Å²) in [5.41, 5.74) is 10.8. The highest BCUT2D eigenvalue weighted by molar-refractivity contribution is 7.22. The molecule has 4 heterocycles. The van der Waals surface area contributed by atoms with Crippen molar-refractivity contribution >= 4 is 63.5 Å². The number of amides is 2. The summed E-state index contributed by atoms with van der Waals surface area (Å²) in [6.07, 6.45) is 4.79. The zero-order valence-electron chi connectivity index (χ0n) is 25.5. The number of nitrogens with zero attached hydrogens (tertiary/aromatic N) is 3. The van der Waals surface area contributed by atoms with E-state index in [9.17, 15) is 14.4 Å². The minimum Gasteiger partial charge on any atom is -0.480 e. The van der Waals surface area contributed by atoms with Gasteiger partial charge in [-0.25, -0.2) is 9.97 Å². The Morgan fingerprint density at radius 2 is 1.71 bits per heavy atom. The van der Waals surface area contributed by atoms with Crippen LogP contribution in [0.15, 0.2) is 103 Å². The zero-order chi connectivity index (χ0) is 33.6. The van der Waals surface area contributed by atoms with E-state index >= 15 is 0 Å². The minimum absolute atomic E-state index is 0.226. The van der Waals surface area contributed by atoms with Crippen LogP contribution in [0.2, 0.25) is 0 Å². The van der Waals surface area contributed by atoms with Gasteiger partial charge < -0.3 is 26.8 Å². The Morgan fingerprint density at radius 3 is 2.48 bits per heavy atom. The van der Waals surface area contributed by atoms with Crippen molar-refractivity contribution in [2.45, 2.75) is 19.4 Å². The Morgan fingerprint density at radius 1 is 0.896 bits per heavy atom. The number of nitrogens with two attached hydrogens (primary N) is 1. The summed E-state index contributed by atoms with van der Waals surface area (Å²) < 4.78 is 0. The third-order valence-electron chi connectivity index (χ3n) is 7.27. The van der Waals surface area contributed by atoms with Crippen LogP contribution in [-0.2, 0) is 11.2 Å². The molecule has 4 aromatic heterocycles. The summed E-state index contributed by atoms with van der Waals surface area (Å²) in [5, 5.41) is 20.0. The molecule has 0 bridgehead atoms. The molecule has 0 saturated heterocycles. The van der Waals surface area contributed by atoms with E-state index in [1.54, 1.807) is 47.9 Å². The first-order valence-corrected chi connectivity index (χ1v) is 16.4. The number of carbonyl (C=O) groups excluding carboxylic acids is 2. The maximum atomic E-state index is 13.2. The smallest absolute Gasteiger partial charge is 0.320 e. The van der Waals surface area contributed by atoms with Crippen molar-refractivity contribution in [3.05, 3.63) is 124 Å². The second kappa shape index (κ2) is 14.3. The molecule has 0 aliphatic carbocycles. The van der Waals surface area contributed by atoms with Gasteiger partial charge in [0.2, 0.25) is 5.95 Å². The number of hydrogen-bond acceptors (Lipinski definition) is 10. The van der Waals surface area contributed by atoms with Crippen molar-refractivity contribution in [3.63, 3.8) is 0 Å². The van der Waals surface area contributed by atoms with Crippen molar-refractivity contribution in [2.75, 3.05) is 16.0 Å². The number of anilines is 4. The lowest BCUT2D eigenvalue weighted by molar-refractivity contribution is -0.138. The Kier molecular flexibility index (Phi) is 9.62. The highest BCUT2D eigenvalue weighted by Gasteiger charge is 2.15. The van der Waals surface area contributed by atoms with Gasteiger partial charge in [-0.05, 0) is 72.3 Å². The molecule has 0 radical (unpaired) electrons. The number of benzene rings is 2. The van der Waals surface area contributed by atoms with Crippen LogP contribution in [-0.4, -0.2) is 43.9 Å². The number of aromatic nitrogens is 3. The third-order valence-corrected chi connectivity index (χ3v) is 9.42. The number of carboxylic acid groups (broad SMARTS) is 1. The zero-order valence-corrected chi connectivity index (χ0v) is 27.1. The largest absolute Gasteiger partial charge is 0.480 e. The second-order valence-corrected chi connectivity index (χ2v) is 12.8. The van der Waals surface area contributed by atoms with Crippen molar-refractivity contribution in [1.82, 2.24) is 15.0 Å². The summed E-state index contributed by atoms with van der Waals surface area (Å²) in [7, 11) is 0. The number of carboxylic acids is 1. The molecule has 0 aliphatic heterocycles. The standard InChI is InChI=1S/C35H29N7O4S2/c1-20-4-9-24(17-28(20)42-35-38-13-12-27(41-35)22-7-5-21(6-8-22)15-26(36)34(45)46)39-32(43)23-16-25(19-37-18-23)40-33(44)31-11-10-30(48-31)29-3-2-14-47-29/h2-14,16-19,26H,15,36H2,1H3,(H,39,43)(H,40,44)(H,45,46)(H,38,41,42). The fraction of sp³-hybridized carbons (Fsp3) is 0.0857. The quantitative estimate of drug-likeness (QED) is 0.0986. The summed E-state index contributed by atoms with van der Waals surface area (Å²) in [4.78, 5) is 53.0. The number of nitrogens with one attached hydrogen (secondary N) is 3. The van der Waals surface area contributed by atoms with Crippen molar-refractivity contribution in [3.8, 4) is 21.0 Å². The van der Waals surface area contributed by atoms with Gasteiger partial charge in [-0.2, -0.15) is 0 Å². The molecule has 6 aromatic rings. The topological polar surface area (TPSA) is 172 Å². The maximum absolute atomic E-state index is 13.2. The average molecular weight is 676 g/mol. The van der Waals surface area contributed by atoms with Gasteiger partial charge >= 0.3 is 5.97 Å². The van der Waals surface area contributed by atoms with Gasteiger partial charge in [0.1, 0.15) is 6.04 Å². The van der Waals surface area contributed by atoms with E-state index in [0.29, 0.717) is 33.6 Å². The molecule has 240 valence electrons. The summed E-state index contributed by atoms with van der Waals surface area (Å²) in [6, 6.07) is 22.9. The summed E-state index contributed by atoms with van der Waals surface area (Å²) in [6.45, 7) is 1.92. The molecule has 1 atom stereocenters. The monoisotopic (exact) mass is 675 g/mol. The van der Waals surface area contributed by atoms with Gasteiger partial charge in [-0.3, -0.25) is 19.4 Å². The van der Waals surface area contributed by atoms with Crippen molar-refractivity contribution in [2.24, 2.45) is 5.73 Å². The Hall–Kier alpha value is -5.76. The number of aryl methyl sites for hydroxylation is 1. The average Bonchev–Trinajstić information content (AvgIpc) is 3.80. The summed E-state index contributed by atoms with van der Waals surface area (Å²) in [5.74, 6) is -1.36. The molecule has 0 spiro atoms. The number of aliphatic carboxylic acids is 1. The molecule has 0 fully saturated rings. The Labute approximate surface area is 283 Å². The van der Waals surface area contributed by atoms with Gasteiger partial charge in [-0.1, -0.05) is 36.4 Å². The van der Waals surface area contributed by atoms with Crippen LogP contribution >= 0.6 is 22.7 Å². The van der Waals surface area contributed by atoms with Gasteiger partial charge in [0, 0.05) is 39.1 Å². The maximum Gasteiger partial charge on any atom is 0.320 e. The van der Waals surface area contributed by atoms with E-state index in [0.717, 1.165) is 26.4 Å². The normalized spacial score (nSPS) is 11.5. The molecule has 2 amide bonds. The van der Waals surface area contributed by atoms with E-state index in [2.05, 4.69) is 30.9 Å². The first kappa shape index (κ1) is 32.2. The lowest BCUT2D eigenvalue weighted by atomic mass is 10.0. The van der Waals surface area contributed by atoms with Crippen LogP contribution in [0.5, 0.6) is 0 Å². The highest BCUT2D eigenvalue weighted by atomic mass is 32.1. The molecule has 48 heavy (non-hydrogen) atoms. The third kappa shape index (κ3) is 7.78. The van der Waals surface area contributed by atoms with Gasteiger partial charge in [0.25, 0.3) is 11.8 Å². The number of thiophene rings is 2. The summed E-state index contributed by atoms with van der Waals surface area (Å²) >= 11 is 3.01. The van der Waals surface area contributed by atoms with Crippen LogP contribution < -0.4 is 21.7 Å². The highest BCUT2D eigenvalue weighted by Crippen LogP contribution is 2.32. The molecule has 6 rings (SSSR count). The van der Waals surface area contributed by atoms with Crippen LogP contribution in [0.3, 0.4) is 0 Å². The Bertz CT molecular complexity index is 2100. The molecule has 1 unspecified atom stereocenters. The lowest BCUT2D eigenvalue weighted by Gasteiger charge is -2.13. The fourth-order valence-electron chi connectivity index (χ4n) is 4.73. The predicted molar refractivity (Wildman–Crippen MR) is 189 cm³/mol. The molecule has 0 saturated carbocycles. The number of carbonyl (C=O) groups is 3. The van der Waals surface area contributed by atoms with Crippen LogP contribution in [0.4, 0.5) is 23.0 Å². The van der Waals surface area contributed by atoms with E-state index in [-0.39, 0.29) is 17.9 Å². The van der Waals surface area contributed by atoms with Crippen molar-refractivity contribution in [1.29, 1.82) is 0 Å². The molecule has 11 nitrogen and oxygen atoms in total. The van der Waals surface area contributed by atoms with Crippen LogP contribution in [0.1, 0.15) is 31.2 Å². The van der Waals surface area contributed by atoms with Crippen molar-refractivity contribution < 1.29 is 19.5 Å². The molecule has 6 N–H and O–H groups in total. The first-order chi connectivity index (χ1) is 23.2. The van der Waals surface area contributed by atoms with Gasteiger partial charge in [0.15, 0.2) is 0 Å². The number of rotatable bonds is 11. The minimum atomic E-state index is -1.05. The molecular formula is C35H29N7O4S2. The molecular weight excluding hydrogens is 647 g/mol. The van der Waals surface area contributed by atoms with E-state index in [4.69, 9.17) is 10.8 Å². The molecule has 0 aliphatic rings. The van der Waals surface area contributed by atoms with E-state index in [1.165, 1.54) is 23.7 Å². The number of pyridine rings is 1. The van der Waals surface area contributed by atoms with Gasteiger partial charge in [0.05, 0.1) is 28.0 Å². The predicted octanol–water partition coefficient (Wildman–Crippen LogP) is 6.84. The van der Waals surface area contributed by atoms with Gasteiger partial charge in [-0.15, -0.1) is 22.7 Å². The number of hydrogen-bond donors (Lipinski definition) is 5. The van der Waals surface area contributed by atoms with Crippen LogP contribution in [0.25, 0.3) is 21.0 Å². The Balaban J connectivity index is 1.11. The second-order valence-electron chi connectivity index (χ2n) is 10.8. The fourth-order valence-corrected chi connectivity index (χ4v) is 6.46. The molecule has 2 aromatic carbocycles. The van der Waals surface area contributed by atoms with Crippen LogP contribution in [0, 0.1) is 6.92 Å². The lowest BCUT2D eigenvalue weighted by Crippen LogP contribution is -2.32. The van der Waals surface area contributed by atoms with E-state index in [1.807, 2.05) is 60.8 Å².